The monoisotopic (exact) mass is 342 g/mol. The third kappa shape index (κ3) is 3.65. The van der Waals surface area contributed by atoms with Crippen LogP contribution in [0.2, 0.25) is 0 Å². The first kappa shape index (κ1) is 18.9. The van der Waals surface area contributed by atoms with Crippen molar-refractivity contribution in [3.05, 3.63) is 0 Å². The lowest BCUT2D eigenvalue weighted by atomic mass is 9.97. The zero-order chi connectivity index (χ0) is 17.3. The number of ether oxygens (including phenoxy) is 3. The Morgan fingerprint density at radius 3 is 1.83 bits per heavy atom. The van der Waals surface area contributed by atoms with Gasteiger partial charge >= 0.3 is 0 Å². The van der Waals surface area contributed by atoms with E-state index in [9.17, 15) is 35.7 Å². The van der Waals surface area contributed by atoms with E-state index in [4.69, 9.17) is 19.3 Å². The van der Waals surface area contributed by atoms with Crippen molar-refractivity contribution in [2.45, 2.75) is 61.4 Å². The van der Waals surface area contributed by atoms with Crippen LogP contribution in [0.25, 0.3) is 0 Å². The molecule has 0 radical (unpaired) electrons. The standard InChI is InChI=1S/C12H22O11/c13-1-3-5(15)6(16)9(19)12(22-3)23-10-4(2-14)21-11(20)8(18)7(10)17/h3-20H,1-2H2/t3?,4?,5?,6?,7?,8?,9?,10?,11-,12?/m0/s1. The normalized spacial score (nSPS) is 51.7. The molecule has 11 nitrogen and oxygen atoms in total. The number of hydrogen-bond acceptors (Lipinski definition) is 11. The quantitative estimate of drug-likeness (QED) is 0.243. The third-order valence-electron chi connectivity index (χ3n) is 3.98. The van der Waals surface area contributed by atoms with Crippen LogP contribution in [0.1, 0.15) is 0 Å². The SMILES string of the molecule is OCC1OC(OC2C(CO)O[C@H](O)C(O)C2O)C(O)C(O)C1O. The van der Waals surface area contributed by atoms with Gasteiger partial charge in [-0.15, -0.1) is 0 Å². The zero-order valence-electron chi connectivity index (χ0n) is 12.0. The lowest BCUT2D eigenvalue weighted by Gasteiger charge is -2.45. The summed E-state index contributed by atoms with van der Waals surface area (Å²) in [6, 6.07) is 0. The largest absolute Gasteiger partial charge is 0.394 e. The van der Waals surface area contributed by atoms with Gasteiger partial charge in [-0.1, -0.05) is 0 Å². The fourth-order valence-corrected chi connectivity index (χ4v) is 2.57. The topological polar surface area (TPSA) is 190 Å². The van der Waals surface area contributed by atoms with Gasteiger partial charge < -0.3 is 55.1 Å². The molecule has 0 aliphatic carbocycles. The van der Waals surface area contributed by atoms with Gasteiger partial charge in [0.05, 0.1) is 13.2 Å². The van der Waals surface area contributed by atoms with Crippen molar-refractivity contribution in [1.82, 2.24) is 0 Å². The minimum Gasteiger partial charge on any atom is -0.394 e. The average Bonchev–Trinajstić information content (AvgIpc) is 2.55. The van der Waals surface area contributed by atoms with Crippen LogP contribution in [0.5, 0.6) is 0 Å². The minimum atomic E-state index is -1.74. The van der Waals surface area contributed by atoms with E-state index < -0.39 is 74.6 Å². The average molecular weight is 342 g/mol. The van der Waals surface area contributed by atoms with Crippen molar-refractivity contribution in [2.24, 2.45) is 0 Å². The molecule has 2 heterocycles. The van der Waals surface area contributed by atoms with Crippen LogP contribution in [0.4, 0.5) is 0 Å². The smallest absolute Gasteiger partial charge is 0.187 e. The van der Waals surface area contributed by atoms with Crippen LogP contribution in [0.15, 0.2) is 0 Å². The predicted octanol–water partition coefficient (Wildman–Crippen LogP) is -5.40. The van der Waals surface area contributed by atoms with Gasteiger partial charge in [0.15, 0.2) is 12.6 Å². The van der Waals surface area contributed by atoms with E-state index in [-0.39, 0.29) is 0 Å². The van der Waals surface area contributed by atoms with Crippen LogP contribution >= 0.6 is 0 Å². The van der Waals surface area contributed by atoms with Crippen LogP contribution in [0, 0.1) is 0 Å². The zero-order valence-corrected chi connectivity index (χ0v) is 12.0. The van der Waals surface area contributed by atoms with Gasteiger partial charge in [0.2, 0.25) is 0 Å². The summed E-state index contributed by atoms with van der Waals surface area (Å²) in [5.41, 5.74) is 0. The molecular formula is C12H22O11. The molecule has 2 rings (SSSR count). The van der Waals surface area contributed by atoms with E-state index in [2.05, 4.69) is 0 Å². The van der Waals surface area contributed by atoms with Crippen molar-refractivity contribution in [1.29, 1.82) is 0 Å². The number of aliphatic hydroxyl groups excluding tert-OH is 8. The second-order valence-corrected chi connectivity index (χ2v) is 5.53. The van der Waals surface area contributed by atoms with E-state index in [0.717, 1.165) is 0 Å². The molecule has 0 bridgehead atoms. The van der Waals surface area contributed by atoms with E-state index in [1.165, 1.54) is 0 Å². The molecule has 0 aromatic rings. The maximum atomic E-state index is 9.94. The molecular weight excluding hydrogens is 320 g/mol. The highest BCUT2D eigenvalue weighted by atomic mass is 16.7. The molecule has 8 N–H and O–H groups in total. The lowest BCUT2D eigenvalue weighted by molar-refractivity contribution is -0.355. The number of rotatable bonds is 4. The summed E-state index contributed by atoms with van der Waals surface area (Å²) in [6.07, 6.45) is -15.6. The van der Waals surface area contributed by atoms with Gasteiger partial charge in [-0.25, -0.2) is 0 Å². The minimum absolute atomic E-state index is 0.667. The fourth-order valence-electron chi connectivity index (χ4n) is 2.57. The molecule has 9 unspecified atom stereocenters. The first-order valence-electron chi connectivity index (χ1n) is 7.08. The Morgan fingerprint density at radius 1 is 0.652 bits per heavy atom. The summed E-state index contributed by atoms with van der Waals surface area (Å²) < 4.78 is 15.3. The summed E-state index contributed by atoms with van der Waals surface area (Å²) >= 11 is 0. The van der Waals surface area contributed by atoms with E-state index in [1.54, 1.807) is 0 Å². The summed E-state index contributed by atoms with van der Waals surface area (Å²) in [6.45, 7) is -1.35. The Balaban J connectivity index is 2.11. The highest BCUT2D eigenvalue weighted by molar-refractivity contribution is 4.93. The predicted molar refractivity (Wildman–Crippen MR) is 68.6 cm³/mol. The van der Waals surface area contributed by atoms with E-state index >= 15 is 0 Å². The van der Waals surface area contributed by atoms with Crippen molar-refractivity contribution >= 4 is 0 Å². The Bertz CT molecular complexity index is 378. The van der Waals surface area contributed by atoms with Crippen molar-refractivity contribution < 1.29 is 55.1 Å². The van der Waals surface area contributed by atoms with Crippen molar-refractivity contribution in [2.75, 3.05) is 13.2 Å². The van der Waals surface area contributed by atoms with E-state index in [1.807, 2.05) is 0 Å². The highest BCUT2D eigenvalue weighted by Gasteiger charge is 2.50. The molecule has 2 aliphatic rings. The third-order valence-corrected chi connectivity index (χ3v) is 3.98. The van der Waals surface area contributed by atoms with Gasteiger partial charge in [0.1, 0.15) is 48.8 Å². The molecule has 0 amide bonds. The summed E-state index contributed by atoms with van der Waals surface area (Å²) in [7, 11) is 0. The Hall–Kier alpha value is -0.440. The van der Waals surface area contributed by atoms with Gasteiger partial charge in [0.25, 0.3) is 0 Å². The molecule has 11 heteroatoms. The molecule has 0 spiro atoms. The molecule has 2 aliphatic heterocycles. The van der Waals surface area contributed by atoms with E-state index in [0.29, 0.717) is 0 Å². The Morgan fingerprint density at radius 2 is 1.26 bits per heavy atom. The molecule has 23 heavy (non-hydrogen) atoms. The maximum Gasteiger partial charge on any atom is 0.187 e. The highest BCUT2D eigenvalue weighted by Crippen LogP contribution is 2.28. The summed E-state index contributed by atoms with van der Waals surface area (Å²) in [5, 5.41) is 76.5. The van der Waals surface area contributed by atoms with Crippen LogP contribution in [-0.2, 0) is 14.2 Å². The first-order valence-corrected chi connectivity index (χ1v) is 7.08. The number of hydrogen-bond donors (Lipinski definition) is 8. The summed E-state index contributed by atoms with van der Waals surface area (Å²) in [5.74, 6) is 0. The number of aliphatic hydroxyl groups is 8. The maximum absolute atomic E-state index is 9.94. The Labute approximate surface area is 130 Å². The van der Waals surface area contributed by atoms with Crippen molar-refractivity contribution in [3.8, 4) is 0 Å². The van der Waals surface area contributed by atoms with Gasteiger partial charge in [-0.3, -0.25) is 0 Å². The molecule has 0 saturated carbocycles. The lowest BCUT2D eigenvalue weighted by Crippen LogP contribution is -2.64. The van der Waals surface area contributed by atoms with Gasteiger partial charge in [0, 0.05) is 0 Å². The molecule has 0 aromatic carbocycles. The molecule has 10 atom stereocenters. The van der Waals surface area contributed by atoms with Gasteiger partial charge in [-0.2, -0.15) is 0 Å². The first-order chi connectivity index (χ1) is 10.8. The fraction of sp³-hybridized carbons (Fsp3) is 1.00. The molecule has 2 saturated heterocycles. The van der Waals surface area contributed by atoms with Crippen molar-refractivity contribution in [3.63, 3.8) is 0 Å². The van der Waals surface area contributed by atoms with Crippen LogP contribution in [0.3, 0.4) is 0 Å². The Kier molecular flexibility index (Phi) is 6.27. The van der Waals surface area contributed by atoms with Gasteiger partial charge in [-0.05, 0) is 0 Å². The second-order valence-electron chi connectivity index (χ2n) is 5.53. The van der Waals surface area contributed by atoms with Crippen LogP contribution < -0.4 is 0 Å². The molecule has 136 valence electrons. The molecule has 0 aromatic heterocycles. The van der Waals surface area contributed by atoms with Crippen LogP contribution in [-0.4, -0.2) is 115 Å². The summed E-state index contributed by atoms with van der Waals surface area (Å²) in [4.78, 5) is 0. The molecule has 2 fully saturated rings. The second kappa shape index (κ2) is 7.63.